The third-order valence-corrected chi connectivity index (χ3v) is 3.97. The number of halogens is 1. The molecule has 0 radical (unpaired) electrons. The molecule has 0 saturated carbocycles. The number of aryl methyl sites for hydroxylation is 2. The predicted molar refractivity (Wildman–Crippen MR) is 96.3 cm³/mol. The van der Waals surface area contributed by atoms with Gasteiger partial charge in [0.15, 0.2) is 0 Å². The minimum atomic E-state index is -0.728. The number of rotatable bonds is 2. The molecule has 2 rings (SSSR count). The second-order valence-electron chi connectivity index (χ2n) is 6.69. The molecule has 134 valence electrons. The SMILES string of the molecule is Cc1nc(C(C)(C)C)[nH]c(=O)c1C(=O)NNC(=O)c1cc(Br)cn1C. The standard InChI is InChI=1S/C16H20BrN5O3/c1-8-11(13(24)19-15(18-8)16(2,3)4)14(25)21-20-12(23)10-6-9(17)7-22(10)5/h6-7H,1-5H3,(H,20,23)(H,21,25)(H,18,19,24). The van der Waals surface area contributed by atoms with Gasteiger partial charge in [-0.25, -0.2) is 4.98 Å². The quantitative estimate of drug-likeness (QED) is 0.653. The third-order valence-electron chi connectivity index (χ3n) is 3.53. The molecule has 2 aromatic heterocycles. The van der Waals surface area contributed by atoms with Crippen LogP contribution in [0.1, 0.15) is 53.1 Å². The zero-order valence-corrected chi connectivity index (χ0v) is 16.2. The van der Waals surface area contributed by atoms with Crippen molar-refractivity contribution < 1.29 is 9.59 Å². The highest BCUT2D eigenvalue weighted by molar-refractivity contribution is 9.10. The van der Waals surface area contributed by atoms with Gasteiger partial charge in [-0.1, -0.05) is 20.8 Å². The van der Waals surface area contributed by atoms with E-state index in [0.717, 1.165) is 4.47 Å². The van der Waals surface area contributed by atoms with Crippen molar-refractivity contribution in [1.29, 1.82) is 0 Å². The monoisotopic (exact) mass is 409 g/mol. The molecule has 0 unspecified atom stereocenters. The van der Waals surface area contributed by atoms with Gasteiger partial charge in [0.25, 0.3) is 17.4 Å². The lowest BCUT2D eigenvalue weighted by atomic mass is 9.95. The zero-order chi connectivity index (χ0) is 18.9. The fraction of sp³-hybridized carbons (Fsp3) is 0.375. The highest BCUT2D eigenvalue weighted by Crippen LogP contribution is 2.17. The van der Waals surface area contributed by atoms with Gasteiger partial charge in [0.05, 0.1) is 5.69 Å². The Labute approximate surface area is 153 Å². The molecule has 8 nitrogen and oxygen atoms in total. The highest BCUT2D eigenvalue weighted by Gasteiger charge is 2.22. The van der Waals surface area contributed by atoms with Crippen LogP contribution in [0.4, 0.5) is 0 Å². The van der Waals surface area contributed by atoms with Crippen LogP contribution in [0.25, 0.3) is 0 Å². The van der Waals surface area contributed by atoms with E-state index in [1.807, 2.05) is 20.8 Å². The molecule has 2 heterocycles. The lowest BCUT2D eigenvalue weighted by Crippen LogP contribution is -2.44. The van der Waals surface area contributed by atoms with Crippen LogP contribution in [0.5, 0.6) is 0 Å². The van der Waals surface area contributed by atoms with E-state index < -0.39 is 17.4 Å². The first-order valence-corrected chi connectivity index (χ1v) is 8.34. The van der Waals surface area contributed by atoms with E-state index in [4.69, 9.17) is 0 Å². The second kappa shape index (κ2) is 6.83. The van der Waals surface area contributed by atoms with Crippen LogP contribution in [0.3, 0.4) is 0 Å². The molecular weight excluding hydrogens is 390 g/mol. The van der Waals surface area contributed by atoms with E-state index in [1.54, 1.807) is 30.8 Å². The number of aromatic amines is 1. The Kier molecular flexibility index (Phi) is 5.17. The Balaban J connectivity index is 2.18. The van der Waals surface area contributed by atoms with E-state index in [0.29, 0.717) is 17.2 Å². The molecule has 2 aromatic rings. The summed E-state index contributed by atoms with van der Waals surface area (Å²) < 4.78 is 2.34. The van der Waals surface area contributed by atoms with Crippen molar-refractivity contribution in [2.24, 2.45) is 7.05 Å². The van der Waals surface area contributed by atoms with E-state index in [2.05, 4.69) is 36.7 Å². The number of hydrazine groups is 1. The summed E-state index contributed by atoms with van der Waals surface area (Å²) in [5.41, 5.74) is 4.13. The molecule has 9 heteroatoms. The fourth-order valence-electron chi connectivity index (χ4n) is 2.20. The lowest BCUT2D eigenvalue weighted by molar-refractivity contribution is 0.0840. The molecule has 0 aromatic carbocycles. The largest absolute Gasteiger partial charge is 0.345 e. The first-order chi connectivity index (χ1) is 11.5. The number of H-pyrrole nitrogens is 1. The van der Waals surface area contributed by atoms with Crippen LogP contribution >= 0.6 is 15.9 Å². The molecule has 0 fully saturated rings. The van der Waals surface area contributed by atoms with Crippen LogP contribution < -0.4 is 16.4 Å². The Morgan fingerprint density at radius 2 is 1.84 bits per heavy atom. The molecule has 2 amide bonds. The normalized spacial score (nSPS) is 11.3. The van der Waals surface area contributed by atoms with E-state index >= 15 is 0 Å². The number of carbonyl (C=O) groups is 2. The molecule has 0 spiro atoms. The molecule has 25 heavy (non-hydrogen) atoms. The summed E-state index contributed by atoms with van der Waals surface area (Å²) in [6.45, 7) is 7.30. The topological polar surface area (TPSA) is 109 Å². The number of aromatic nitrogens is 3. The van der Waals surface area contributed by atoms with E-state index in [9.17, 15) is 14.4 Å². The Hall–Kier alpha value is -2.42. The van der Waals surface area contributed by atoms with Crippen LogP contribution in [0.15, 0.2) is 21.5 Å². The maximum Gasteiger partial charge on any atom is 0.286 e. The minimum Gasteiger partial charge on any atom is -0.345 e. The maximum atomic E-state index is 12.3. The Bertz CT molecular complexity index is 892. The maximum absolute atomic E-state index is 12.3. The van der Waals surface area contributed by atoms with Crippen LogP contribution in [-0.2, 0) is 12.5 Å². The van der Waals surface area contributed by atoms with Crippen molar-refractivity contribution in [3.8, 4) is 0 Å². The van der Waals surface area contributed by atoms with Crippen LogP contribution in [0.2, 0.25) is 0 Å². The summed E-state index contributed by atoms with van der Waals surface area (Å²) in [6.07, 6.45) is 1.71. The molecule has 0 atom stereocenters. The number of hydrogen-bond acceptors (Lipinski definition) is 4. The minimum absolute atomic E-state index is 0.138. The van der Waals surface area contributed by atoms with Crippen molar-refractivity contribution in [2.75, 3.05) is 0 Å². The number of amides is 2. The summed E-state index contributed by atoms with van der Waals surface area (Å²) in [5, 5.41) is 0. The molecule has 0 aliphatic rings. The van der Waals surface area contributed by atoms with Crippen molar-refractivity contribution in [1.82, 2.24) is 25.4 Å². The van der Waals surface area contributed by atoms with Gasteiger partial charge >= 0.3 is 0 Å². The van der Waals surface area contributed by atoms with Crippen LogP contribution in [-0.4, -0.2) is 26.3 Å². The summed E-state index contributed by atoms with van der Waals surface area (Å²) in [4.78, 5) is 43.5. The molecule has 0 bridgehead atoms. The number of nitrogens with zero attached hydrogens (tertiary/aromatic N) is 2. The first-order valence-electron chi connectivity index (χ1n) is 7.54. The predicted octanol–water partition coefficient (Wildman–Crippen LogP) is 1.55. The average Bonchev–Trinajstić information content (AvgIpc) is 2.81. The molecule has 3 N–H and O–H groups in total. The number of nitrogens with one attached hydrogen (secondary N) is 3. The first kappa shape index (κ1) is 18.9. The van der Waals surface area contributed by atoms with Gasteiger partial charge in [-0.15, -0.1) is 0 Å². The summed E-state index contributed by atoms with van der Waals surface area (Å²) in [6, 6.07) is 1.61. The number of hydrogen-bond donors (Lipinski definition) is 3. The summed E-state index contributed by atoms with van der Waals surface area (Å²) in [7, 11) is 1.70. The van der Waals surface area contributed by atoms with Crippen molar-refractivity contribution >= 4 is 27.7 Å². The van der Waals surface area contributed by atoms with Crippen LogP contribution in [0, 0.1) is 6.92 Å². The van der Waals surface area contributed by atoms with Gasteiger partial charge in [0.1, 0.15) is 17.1 Å². The number of carbonyl (C=O) groups excluding carboxylic acids is 2. The second-order valence-corrected chi connectivity index (χ2v) is 7.60. The van der Waals surface area contributed by atoms with Gasteiger partial charge in [-0.3, -0.25) is 25.2 Å². The van der Waals surface area contributed by atoms with Gasteiger partial charge in [0, 0.05) is 23.1 Å². The van der Waals surface area contributed by atoms with Gasteiger partial charge in [-0.05, 0) is 28.9 Å². The van der Waals surface area contributed by atoms with E-state index in [-0.39, 0.29) is 11.0 Å². The van der Waals surface area contributed by atoms with E-state index in [1.165, 1.54) is 0 Å². The smallest absolute Gasteiger partial charge is 0.286 e. The Morgan fingerprint density at radius 1 is 1.24 bits per heavy atom. The zero-order valence-electron chi connectivity index (χ0n) is 14.7. The van der Waals surface area contributed by atoms with Gasteiger partial charge in [-0.2, -0.15) is 0 Å². The highest BCUT2D eigenvalue weighted by atomic mass is 79.9. The van der Waals surface area contributed by atoms with Gasteiger partial charge < -0.3 is 9.55 Å². The Morgan fingerprint density at radius 3 is 2.32 bits per heavy atom. The van der Waals surface area contributed by atoms with Crippen molar-refractivity contribution in [3.05, 3.63) is 49.9 Å². The summed E-state index contributed by atoms with van der Waals surface area (Å²) >= 11 is 3.27. The summed E-state index contributed by atoms with van der Waals surface area (Å²) in [5.74, 6) is -0.743. The molecule has 0 aliphatic heterocycles. The third kappa shape index (κ3) is 4.16. The van der Waals surface area contributed by atoms with Gasteiger partial charge in [0.2, 0.25) is 0 Å². The average molecular weight is 410 g/mol. The lowest BCUT2D eigenvalue weighted by Gasteiger charge is -2.18. The van der Waals surface area contributed by atoms with Crippen molar-refractivity contribution in [2.45, 2.75) is 33.1 Å². The van der Waals surface area contributed by atoms with Crippen molar-refractivity contribution in [3.63, 3.8) is 0 Å². The molecule has 0 aliphatic carbocycles. The molecule has 0 saturated heterocycles. The fourth-order valence-corrected chi connectivity index (χ4v) is 2.72. The molecular formula is C16H20BrN5O3.